The van der Waals surface area contributed by atoms with Crippen LogP contribution >= 0.6 is 0 Å². The first-order chi connectivity index (χ1) is 9.49. The number of rotatable bonds is 5. The zero-order valence-corrected chi connectivity index (χ0v) is 11.4. The zero-order chi connectivity index (χ0) is 14.7. The van der Waals surface area contributed by atoms with Crippen LogP contribution in [-0.4, -0.2) is 33.0 Å². The van der Waals surface area contributed by atoms with Crippen LogP contribution in [0.5, 0.6) is 0 Å². The monoisotopic (exact) mass is 275 g/mol. The summed E-state index contributed by atoms with van der Waals surface area (Å²) < 4.78 is 0. The molecule has 1 unspecified atom stereocenters. The second-order valence-electron chi connectivity index (χ2n) is 5.02. The largest absolute Gasteiger partial charge is 0.480 e. The molecule has 2 rings (SSSR count). The van der Waals surface area contributed by atoms with E-state index in [4.69, 9.17) is 5.11 Å². The van der Waals surface area contributed by atoms with Crippen molar-refractivity contribution in [1.82, 2.24) is 15.3 Å². The van der Waals surface area contributed by atoms with Gasteiger partial charge in [-0.15, -0.1) is 0 Å². The van der Waals surface area contributed by atoms with E-state index >= 15 is 0 Å². The summed E-state index contributed by atoms with van der Waals surface area (Å²) in [6, 6.07) is 2.80. The molecule has 0 spiro atoms. The number of carbonyl (C=O) groups excluding carboxylic acids is 1. The fraction of sp³-hybridized carbons (Fsp3) is 0.357. The molecule has 3 N–H and O–H groups in total. The third-order valence-electron chi connectivity index (χ3n) is 3.14. The zero-order valence-electron chi connectivity index (χ0n) is 11.4. The summed E-state index contributed by atoms with van der Waals surface area (Å²) in [6.45, 7) is 3.52. The number of aliphatic carboxylic acids is 1. The van der Waals surface area contributed by atoms with Crippen LogP contribution in [0.1, 0.15) is 19.4 Å². The normalized spacial score (nSPS) is 12.6. The lowest BCUT2D eigenvalue weighted by Crippen LogP contribution is -2.44. The van der Waals surface area contributed by atoms with Crippen molar-refractivity contribution in [2.24, 2.45) is 5.92 Å². The predicted octanol–water partition coefficient (Wildman–Crippen LogP) is 1.33. The average molecular weight is 275 g/mol. The van der Waals surface area contributed by atoms with Crippen LogP contribution in [0.3, 0.4) is 0 Å². The summed E-state index contributed by atoms with van der Waals surface area (Å²) in [7, 11) is 0. The van der Waals surface area contributed by atoms with Gasteiger partial charge in [-0.05, 0) is 23.6 Å². The Morgan fingerprint density at radius 2 is 2.20 bits per heavy atom. The number of carboxylic acids is 1. The molecule has 0 aromatic carbocycles. The number of aromatic nitrogens is 2. The van der Waals surface area contributed by atoms with Crippen LogP contribution in [0.25, 0.3) is 11.0 Å². The minimum absolute atomic E-state index is 0.127. The smallest absolute Gasteiger partial charge is 0.326 e. The Morgan fingerprint density at radius 1 is 1.45 bits per heavy atom. The average Bonchev–Trinajstić information content (AvgIpc) is 2.79. The van der Waals surface area contributed by atoms with E-state index in [-0.39, 0.29) is 18.2 Å². The number of hydrogen-bond acceptors (Lipinski definition) is 3. The highest BCUT2D eigenvalue weighted by Crippen LogP contribution is 2.16. The first kappa shape index (κ1) is 14.0. The van der Waals surface area contributed by atoms with Crippen molar-refractivity contribution >= 4 is 22.9 Å². The van der Waals surface area contributed by atoms with Crippen LogP contribution in [0.2, 0.25) is 0 Å². The van der Waals surface area contributed by atoms with Crippen molar-refractivity contribution in [2.75, 3.05) is 0 Å². The predicted molar refractivity (Wildman–Crippen MR) is 74.2 cm³/mol. The van der Waals surface area contributed by atoms with Crippen molar-refractivity contribution in [3.63, 3.8) is 0 Å². The van der Waals surface area contributed by atoms with Gasteiger partial charge in [0, 0.05) is 17.8 Å². The van der Waals surface area contributed by atoms with Gasteiger partial charge >= 0.3 is 5.97 Å². The number of pyridine rings is 1. The lowest BCUT2D eigenvalue weighted by atomic mass is 10.0. The van der Waals surface area contributed by atoms with Gasteiger partial charge in [0.25, 0.3) is 0 Å². The highest BCUT2D eigenvalue weighted by molar-refractivity contribution is 5.89. The minimum atomic E-state index is -1.02. The van der Waals surface area contributed by atoms with Gasteiger partial charge in [0.15, 0.2) is 0 Å². The molecule has 0 saturated carbocycles. The maximum absolute atomic E-state index is 12.0. The molecule has 2 aromatic rings. The molecule has 0 aliphatic carbocycles. The van der Waals surface area contributed by atoms with E-state index < -0.39 is 12.0 Å². The first-order valence-corrected chi connectivity index (χ1v) is 6.42. The summed E-state index contributed by atoms with van der Waals surface area (Å²) in [6.07, 6.45) is 3.52. The van der Waals surface area contributed by atoms with E-state index in [9.17, 15) is 9.59 Å². The second-order valence-corrected chi connectivity index (χ2v) is 5.02. The van der Waals surface area contributed by atoms with Crippen LogP contribution in [0.15, 0.2) is 24.5 Å². The van der Waals surface area contributed by atoms with E-state index in [2.05, 4.69) is 15.3 Å². The molecule has 0 bridgehead atoms. The molecule has 0 saturated heterocycles. The highest BCUT2D eigenvalue weighted by atomic mass is 16.4. The van der Waals surface area contributed by atoms with Crippen molar-refractivity contribution in [3.05, 3.63) is 30.1 Å². The summed E-state index contributed by atoms with van der Waals surface area (Å²) in [5.41, 5.74) is 1.52. The van der Waals surface area contributed by atoms with Crippen molar-refractivity contribution < 1.29 is 14.7 Å². The van der Waals surface area contributed by atoms with E-state index in [1.54, 1.807) is 32.3 Å². The molecule has 1 amide bonds. The molecule has 6 heteroatoms. The summed E-state index contributed by atoms with van der Waals surface area (Å²) in [5.74, 6) is -1.49. The molecule has 2 aromatic heterocycles. The molecule has 0 fully saturated rings. The number of H-pyrrole nitrogens is 1. The van der Waals surface area contributed by atoms with E-state index in [1.807, 2.05) is 6.07 Å². The molecule has 20 heavy (non-hydrogen) atoms. The number of aromatic amines is 1. The number of fused-ring (bicyclic) bond motifs is 1. The molecule has 0 aliphatic heterocycles. The molecule has 6 nitrogen and oxygen atoms in total. The Labute approximate surface area is 116 Å². The highest BCUT2D eigenvalue weighted by Gasteiger charge is 2.23. The van der Waals surface area contributed by atoms with Crippen molar-refractivity contribution in [2.45, 2.75) is 26.3 Å². The molecule has 106 valence electrons. The third-order valence-corrected chi connectivity index (χ3v) is 3.14. The van der Waals surface area contributed by atoms with Crippen LogP contribution in [0, 0.1) is 5.92 Å². The third kappa shape index (κ3) is 2.96. The number of hydrogen-bond donors (Lipinski definition) is 3. The van der Waals surface area contributed by atoms with Gasteiger partial charge in [-0.3, -0.25) is 4.79 Å². The quantitative estimate of drug-likeness (QED) is 0.767. The van der Waals surface area contributed by atoms with E-state index in [0.717, 1.165) is 10.9 Å². The SMILES string of the molecule is CC(C)C(NC(=O)Cc1c[nH]c2ncccc12)C(=O)O. The number of carboxylic acid groups (broad SMARTS) is 1. The number of amides is 1. The molecular weight excluding hydrogens is 258 g/mol. The van der Waals surface area contributed by atoms with Crippen molar-refractivity contribution in [3.8, 4) is 0 Å². The van der Waals surface area contributed by atoms with Gasteiger partial charge in [0.05, 0.1) is 6.42 Å². The maximum atomic E-state index is 12.0. The number of carbonyl (C=O) groups is 2. The van der Waals surface area contributed by atoms with Crippen molar-refractivity contribution in [1.29, 1.82) is 0 Å². The van der Waals surface area contributed by atoms with Gasteiger partial charge in [0.1, 0.15) is 11.7 Å². The maximum Gasteiger partial charge on any atom is 0.326 e. The molecule has 0 radical (unpaired) electrons. The summed E-state index contributed by atoms with van der Waals surface area (Å²) >= 11 is 0. The molecular formula is C14H17N3O3. The van der Waals surface area contributed by atoms with Gasteiger partial charge in [-0.1, -0.05) is 13.8 Å². The van der Waals surface area contributed by atoms with Gasteiger partial charge in [-0.25, -0.2) is 9.78 Å². The fourth-order valence-electron chi connectivity index (χ4n) is 2.07. The van der Waals surface area contributed by atoms with Gasteiger partial charge in [0.2, 0.25) is 5.91 Å². The number of nitrogens with one attached hydrogen (secondary N) is 2. The van der Waals surface area contributed by atoms with Gasteiger partial charge < -0.3 is 15.4 Å². The summed E-state index contributed by atoms with van der Waals surface area (Å²) in [5, 5.41) is 12.5. The lowest BCUT2D eigenvalue weighted by Gasteiger charge is -2.17. The van der Waals surface area contributed by atoms with E-state index in [1.165, 1.54) is 0 Å². The Kier molecular flexibility index (Phi) is 4.02. The summed E-state index contributed by atoms with van der Waals surface area (Å²) in [4.78, 5) is 30.2. The Morgan fingerprint density at radius 3 is 2.85 bits per heavy atom. The Bertz CT molecular complexity index is 633. The van der Waals surface area contributed by atoms with Gasteiger partial charge in [-0.2, -0.15) is 0 Å². The topological polar surface area (TPSA) is 95.1 Å². The second kappa shape index (κ2) is 5.73. The van der Waals surface area contributed by atoms with Crippen LogP contribution in [0.4, 0.5) is 0 Å². The Hall–Kier alpha value is -2.37. The molecule has 1 atom stereocenters. The minimum Gasteiger partial charge on any atom is -0.480 e. The lowest BCUT2D eigenvalue weighted by molar-refractivity contribution is -0.143. The standard InChI is InChI=1S/C14H17N3O3/c1-8(2)12(14(19)20)17-11(18)6-9-7-16-13-10(9)4-3-5-15-13/h3-5,7-8,12H,6H2,1-2H3,(H,15,16)(H,17,18)(H,19,20). The van der Waals surface area contributed by atoms with E-state index in [0.29, 0.717) is 5.65 Å². The number of nitrogens with zero attached hydrogens (tertiary/aromatic N) is 1. The first-order valence-electron chi connectivity index (χ1n) is 6.42. The molecule has 0 aliphatic rings. The van der Waals surface area contributed by atoms with Crippen LogP contribution < -0.4 is 5.32 Å². The van der Waals surface area contributed by atoms with Crippen LogP contribution in [-0.2, 0) is 16.0 Å². The Balaban J connectivity index is 2.10. The fourth-order valence-corrected chi connectivity index (χ4v) is 2.07. The molecule has 2 heterocycles.